The van der Waals surface area contributed by atoms with Crippen LogP contribution in [0.25, 0.3) is 0 Å². The molecule has 0 radical (unpaired) electrons. The van der Waals surface area contributed by atoms with Crippen LogP contribution >= 0.6 is 12.4 Å². The Morgan fingerprint density at radius 1 is 1.18 bits per heavy atom. The van der Waals surface area contributed by atoms with Crippen molar-refractivity contribution in [1.82, 2.24) is 20.4 Å². The predicted molar refractivity (Wildman–Crippen MR) is 107 cm³/mol. The van der Waals surface area contributed by atoms with E-state index >= 15 is 0 Å². The topological polar surface area (TPSA) is 99.3 Å². The first-order chi connectivity index (χ1) is 13.2. The number of benzene rings is 1. The van der Waals surface area contributed by atoms with Crippen LogP contribution in [-0.4, -0.2) is 59.8 Å². The van der Waals surface area contributed by atoms with E-state index in [0.717, 1.165) is 29.8 Å². The molecule has 2 aromatic rings. The molecule has 0 saturated carbocycles. The molecule has 3 N–H and O–H groups in total. The fraction of sp³-hybridized carbons (Fsp3) is 0.421. The molecule has 2 amide bonds. The fourth-order valence-electron chi connectivity index (χ4n) is 3.41. The van der Waals surface area contributed by atoms with Crippen LogP contribution < -0.4 is 10.6 Å². The molecular formula is C19H24ClN5O3. The maximum Gasteiger partial charge on any atom is 0.276 e. The molecule has 8 nitrogen and oxygen atoms in total. The van der Waals surface area contributed by atoms with Crippen molar-refractivity contribution in [3.63, 3.8) is 0 Å². The second-order valence-electron chi connectivity index (χ2n) is 6.78. The highest BCUT2D eigenvalue weighted by atomic mass is 35.5. The quantitative estimate of drug-likeness (QED) is 0.708. The molecular weight excluding hydrogens is 382 g/mol. The number of fused-ring (bicyclic) bond motifs is 1. The van der Waals surface area contributed by atoms with Crippen LogP contribution in [0, 0.1) is 0 Å². The number of anilines is 1. The number of nitrogens with zero attached hydrogens (tertiary/aromatic N) is 2. The molecule has 1 saturated heterocycles. The second-order valence-corrected chi connectivity index (χ2v) is 6.78. The van der Waals surface area contributed by atoms with Gasteiger partial charge in [0.25, 0.3) is 5.91 Å². The van der Waals surface area contributed by atoms with E-state index in [2.05, 4.69) is 20.8 Å². The lowest BCUT2D eigenvalue weighted by Crippen LogP contribution is -2.41. The third-order valence-electron chi connectivity index (χ3n) is 4.95. The van der Waals surface area contributed by atoms with Gasteiger partial charge in [0.05, 0.1) is 19.6 Å². The summed E-state index contributed by atoms with van der Waals surface area (Å²) in [5, 5.41) is 13.3. The number of hydrogen-bond donors (Lipinski definition) is 3. The average molecular weight is 406 g/mol. The Bertz CT molecular complexity index is 831. The summed E-state index contributed by atoms with van der Waals surface area (Å²) in [4.78, 5) is 26.7. The van der Waals surface area contributed by atoms with Crippen molar-refractivity contribution >= 4 is 29.9 Å². The van der Waals surface area contributed by atoms with Crippen LogP contribution in [0.1, 0.15) is 27.3 Å². The highest BCUT2D eigenvalue weighted by Gasteiger charge is 2.21. The van der Waals surface area contributed by atoms with E-state index in [4.69, 9.17) is 4.74 Å². The van der Waals surface area contributed by atoms with E-state index in [-0.39, 0.29) is 24.2 Å². The molecule has 4 rings (SSSR count). The van der Waals surface area contributed by atoms with E-state index in [1.807, 2.05) is 29.2 Å². The Labute approximate surface area is 169 Å². The number of halogens is 1. The summed E-state index contributed by atoms with van der Waals surface area (Å²) < 4.78 is 5.27. The molecule has 1 aromatic carbocycles. The van der Waals surface area contributed by atoms with Gasteiger partial charge < -0.3 is 20.3 Å². The number of ether oxygens (including phenoxy) is 1. The first kappa shape index (κ1) is 20.3. The zero-order valence-electron chi connectivity index (χ0n) is 15.5. The molecule has 9 heteroatoms. The summed E-state index contributed by atoms with van der Waals surface area (Å²) >= 11 is 0. The summed E-state index contributed by atoms with van der Waals surface area (Å²) in [6, 6.07) is 7.37. The molecule has 0 spiro atoms. The van der Waals surface area contributed by atoms with Gasteiger partial charge in [0, 0.05) is 49.5 Å². The SMILES string of the molecule is Cl.O=C(Nc1ccc(CC(=O)N2CCOCC2)cc1)c1n[nH]c2c1CNCC2. The number of aromatic amines is 1. The van der Waals surface area contributed by atoms with Gasteiger partial charge in [-0.2, -0.15) is 5.10 Å². The monoisotopic (exact) mass is 405 g/mol. The zero-order valence-corrected chi connectivity index (χ0v) is 16.3. The summed E-state index contributed by atoms with van der Waals surface area (Å²) in [6.45, 7) is 4.04. The van der Waals surface area contributed by atoms with Crippen molar-refractivity contribution in [2.24, 2.45) is 0 Å². The standard InChI is InChI=1S/C19H23N5O3.ClH/c25-17(24-7-9-27-10-8-24)11-13-1-3-14(4-2-13)21-19(26)18-15-12-20-6-5-16(15)22-23-18;/h1-4,20H,5-12H2,(H,21,26)(H,22,23);1H. The zero-order chi connectivity index (χ0) is 18.6. The number of rotatable bonds is 4. The van der Waals surface area contributed by atoms with Crippen LogP contribution in [0.3, 0.4) is 0 Å². The largest absolute Gasteiger partial charge is 0.378 e. The summed E-state index contributed by atoms with van der Waals surface area (Å²) in [7, 11) is 0. The number of H-pyrrole nitrogens is 1. The number of carbonyl (C=O) groups is 2. The molecule has 28 heavy (non-hydrogen) atoms. The molecule has 150 valence electrons. The summed E-state index contributed by atoms with van der Waals surface area (Å²) in [6.07, 6.45) is 1.20. The fourth-order valence-corrected chi connectivity index (χ4v) is 3.41. The lowest BCUT2D eigenvalue weighted by Gasteiger charge is -2.26. The number of morpholine rings is 1. The van der Waals surface area contributed by atoms with E-state index in [9.17, 15) is 9.59 Å². The number of hydrogen-bond acceptors (Lipinski definition) is 5. The van der Waals surface area contributed by atoms with Crippen LogP contribution in [0.15, 0.2) is 24.3 Å². The van der Waals surface area contributed by atoms with Gasteiger partial charge in [-0.3, -0.25) is 14.7 Å². The molecule has 0 aliphatic carbocycles. The number of aromatic nitrogens is 2. The summed E-state index contributed by atoms with van der Waals surface area (Å²) in [5.74, 6) is -0.126. The maximum absolute atomic E-state index is 12.5. The van der Waals surface area contributed by atoms with Gasteiger partial charge in [0.2, 0.25) is 5.91 Å². The minimum Gasteiger partial charge on any atom is -0.378 e. The lowest BCUT2D eigenvalue weighted by molar-refractivity contribution is -0.134. The van der Waals surface area contributed by atoms with Crippen molar-refractivity contribution in [2.75, 3.05) is 38.2 Å². The molecule has 3 heterocycles. The minimum atomic E-state index is -0.228. The van der Waals surface area contributed by atoms with Crippen molar-refractivity contribution < 1.29 is 14.3 Å². The first-order valence-corrected chi connectivity index (χ1v) is 9.23. The third-order valence-corrected chi connectivity index (χ3v) is 4.95. The molecule has 1 fully saturated rings. The molecule has 0 bridgehead atoms. The highest BCUT2D eigenvalue weighted by Crippen LogP contribution is 2.18. The second kappa shape index (κ2) is 9.18. The van der Waals surface area contributed by atoms with E-state index in [1.165, 1.54) is 0 Å². The van der Waals surface area contributed by atoms with Gasteiger partial charge in [-0.15, -0.1) is 12.4 Å². The lowest BCUT2D eigenvalue weighted by atomic mass is 10.1. The third kappa shape index (κ3) is 4.52. The van der Waals surface area contributed by atoms with E-state index in [0.29, 0.717) is 50.7 Å². The number of nitrogens with one attached hydrogen (secondary N) is 3. The normalized spacial score (nSPS) is 16.1. The van der Waals surface area contributed by atoms with Gasteiger partial charge in [-0.1, -0.05) is 12.1 Å². The Morgan fingerprint density at radius 2 is 1.93 bits per heavy atom. The van der Waals surface area contributed by atoms with Crippen LogP contribution in [-0.2, 0) is 28.9 Å². The predicted octanol–water partition coefficient (Wildman–Crippen LogP) is 1.13. The van der Waals surface area contributed by atoms with E-state index < -0.39 is 0 Å². The van der Waals surface area contributed by atoms with Crippen molar-refractivity contribution in [2.45, 2.75) is 19.4 Å². The molecule has 1 aromatic heterocycles. The smallest absolute Gasteiger partial charge is 0.276 e. The minimum absolute atomic E-state index is 0. The molecule has 2 aliphatic heterocycles. The highest BCUT2D eigenvalue weighted by molar-refractivity contribution is 6.04. The Hall–Kier alpha value is -2.42. The Kier molecular flexibility index (Phi) is 6.66. The van der Waals surface area contributed by atoms with Gasteiger partial charge in [-0.05, 0) is 17.7 Å². The number of amides is 2. The Balaban J connectivity index is 0.00000225. The van der Waals surface area contributed by atoms with Crippen molar-refractivity contribution in [1.29, 1.82) is 0 Å². The van der Waals surface area contributed by atoms with Gasteiger partial charge >= 0.3 is 0 Å². The van der Waals surface area contributed by atoms with Gasteiger partial charge in [0.15, 0.2) is 5.69 Å². The maximum atomic E-state index is 12.5. The van der Waals surface area contributed by atoms with Gasteiger partial charge in [0.1, 0.15) is 0 Å². The Morgan fingerprint density at radius 3 is 2.68 bits per heavy atom. The van der Waals surface area contributed by atoms with Gasteiger partial charge in [-0.25, -0.2) is 0 Å². The first-order valence-electron chi connectivity index (χ1n) is 9.23. The average Bonchev–Trinajstić information content (AvgIpc) is 3.14. The van der Waals surface area contributed by atoms with Crippen LogP contribution in [0.5, 0.6) is 0 Å². The van der Waals surface area contributed by atoms with Crippen LogP contribution in [0.2, 0.25) is 0 Å². The van der Waals surface area contributed by atoms with E-state index in [1.54, 1.807) is 0 Å². The number of carbonyl (C=O) groups excluding carboxylic acids is 2. The summed E-state index contributed by atoms with van der Waals surface area (Å²) in [5.41, 5.74) is 4.00. The molecule has 0 unspecified atom stereocenters. The molecule has 2 aliphatic rings. The molecule has 0 atom stereocenters. The van der Waals surface area contributed by atoms with Crippen molar-refractivity contribution in [3.05, 3.63) is 46.8 Å². The van der Waals surface area contributed by atoms with Crippen LogP contribution in [0.4, 0.5) is 5.69 Å². The van der Waals surface area contributed by atoms with Crippen molar-refractivity contribution in [3.8, 4) is 0 Å².